The molecule has 0 amide bonds. The fourth-order valence-electron chi connectivity index (χ4n) is 3.93. The molecule has 1 saturated heterocycles. The van der Waals surface area contributed by atoms with Crippen LogP contribution in [0.5, 0.6) is 0 Å². The van der Waals surface area contributed by atoms with Crippen LogP contribution in [0.2, 0.25) is 0 Å². The molecule has 156 valence electrons. The second-order valence-electron chi connectivity index (χ2n) is 7.55. The minimum absolute atomic E-state index is 0.238. The predicted molar refractivity (Wildman–Crippen MR) is 118 cm³/mol. The van der Waals surface area contributed by atoms with Crippen molar-refractivity contribution in [2.45, 2.75) is 13.5 Å². The van der Waals surface area contributed by atoms with Gasteiger partial charge in [-0.3, -0.25) is 4.90 Å². The smallest absolute Gasteiger partial charge is 0.335 e. The summed E-state index contributed by atoms with van der Waals surface area (Å²) in [7, 11) is 0. The van der Waals surface area contributed by atoms with E-state index >= 15 is 0 Å². The summed E-state index contributed by atoms with van der Waals surface area (Å²) >= 11 is 0. The summed E-state index contributed by atoms with van der Waals surface area (Å²) in [5.41, 5.74) is 10.5. The number of nitrogens with two attached hydrogens (primary N) is 1. The van der Waals surface area contributed by atoms with Gasteiger partial charge in [0, 0.05) is 38.3 Å². The van der Waals surface area contributed by atoms with Crippen molar-refractivity contribution >= 4 is 11.8 Å². The van der Waals surface area contributed by atoms with Gasteiger partial charge >= 0.3 is 5.97 Å². The van der Waals surface area contributed by atoms with Crippen LogP contribution in [0.4, 0.5) is 5.82 Å². The number of anilines is 1. The Morgan fingerprint density at radius 2 is 1.63 bits per heavy atom. The fourth-order valence-corrected chi connectivity index (χ4v) is 3.93. The first-order valence-corrected chi connectivity index (χ1v) is 10.3. The Labute approximate surface area is 176 Å². The zero-order valence-corrected chi connectivity index (χ0v) is 17.2. The minimum Gasteiger partial charge on any atom is -0.478 e. The number of aromatic nitrogens is 2. The molecule has 4 rings (SSSR count). The van der Waals surface area contributed by atoms with Gasteiger partial charge in [-0.05, 0) is 36.4 Å². The largest absolute Gasteiger partial charge is 0.478 e. The van der Waals surface area contributed by atoms with E-state index in [1.165, 1.54) is 0 Å². The highest BCUT2D eigenvalue weighted by molar-refractivity contribution is 5.87. The first kappa shape index (κ1) is 20.1. The maximum Gasteiger partial charge on any atom is 0.335 e. The summed E-state index contributed by atoms with van der Waals surface area (Å²) < 4.78 is 1.71. The third-order valence-corrected chi connectivity index (χ3v) is 5.70. The molecule has 3 aromatic rings. The maximum absolute atomic E-state index is 11.2. The van der Waals surface area contributed by atoms with Crippen LogP contribution in [0.15, 0.2) is 54.6 Å². The lowest BCUT2D eigenvalue weighted by Gasteiger charge is -2.33. The van der Waals surface area contributed by atoms with Gasteiger partial charge in [0.2, 0.25) is 0 Å². The Kier molecular flexibility index (Phi) is 5.83. The molecule has 0 radical (unpaired) electrons. The molecule has 7 nitrogen and oxygen atoms in total. The number of nitrogen functional groups attached to an aromatic ring is 1. The first-order valence-electron chi connectivity index (χ1n) is 10.3. The molecule has 0 atom stereocenters. The van der Waals surface area contributed by atoms with E-state index in [2.05, 4.69) is 16.7 Å². The van der Waals surface area contributed by atoms with Gasteiger partial charge in [0.25, 0.3) is 0 Å². The van der Waals surface area contributed by atoms with Crippen LogP contribution in [0.1, 0.15) is 23.0 Å². The molecule has 30 heavy (non-hydrogen) atoms. The number of likely N-dealkylation sites (N-methyl/N-ethyl adjacent to an activating group) is 1. The average Bonchev–Trinajstić information content (AvgIpc) is 3.10. The Bertz CT molecular complexity index is 1010. The van der Waals surface area contributed by atoms with E-state index in [9.17, 15) is 4.79 Å². The van der Waals surface area contributed by atoms with Crippen molar-refractivity contribution in [3.8, 4) is 16.8 Å². The van der Waals surface area contributed by atoms with Crippen LogP contribution in [-0.4, -0.2) is 63.4 Å². The van der Waals surface area contributed by atoms with Crippen molar-refractivity contribution in [1.82, 2.24) is 19.6 Å². The van der Waals surface area contributed by atoms with E-state index < -0.39 is 5.97 Å². The number of benzene rings is 2. The lowest BCUT2D eigenvalue weighted by molar-refractivity contribution is 0.0697. The first-order chi connectivity index (χ1) is 14.6. The Morgan fingerprint density at radius 3 is 2.23 bits per heavy atom. The number of carbonyl (C=O) groups is 1. The molecule has 1 aliphatic rings. The highest BCUT2D eigenvalue weighted by Gasteiger charge is 2.22. The van der Waals surface area contributed by atoms with E-state index in [4.69, 9.17) is 15.9 Å². The summed E-state index contributed by atoms with van der Waals surface area (Å²) in [5, 5.41) is 14.0. The number of hydrogen-bond acceptors (Lipinski definition) is 5. The number of carboxylic acids is 1. The van der Waals surface area contributed by atoms with Gasteiger partial charge in [0.15, 0.2) is 0 Å². The number of aromatic carboxylic acids is 1. The highest BCUT2D eigenvalue weighted by atomic mass is 16.4. The Hall–Kier alpha value is -3.16. The molecule has 2 heterocycles. The summed E-state index contributed by atoms with van der Waals surface area (Å²) in [4.78, 5) is 16.0. The zero-order chi connectivity index (χ0) is 21.1. The van der Waals surface area contributed by atoms with Crippen LogP contribution < -0.4 is 5.73 Å². The zero-order valence-electron chi connectivity index (χ0n) is 17.2. The van der Waals surface area contributed by atoms with Crippen molar-refractivity contribution in [3.63, 3.8) is 0 Å². The van der Waals surface area contributed by atoms with Crippen LogP contribution in [-0.2, 0) is 6.54 Å². The molecule has 0 bridgehead atoms. The minimum atomic E-state index is -0.952. The SMILES string of the molecule is CCN1CCN(Cc2nn(-c3ccc(C(=O)O)cc3)c(N)c2-c2ccccc2)CC1. The van der Waals surface area contributed by atoms with Crippen LogP contribution in [0, 0.1) is 0 Å². The Morgan fingerprint density at radius 1 is 1.00 bits per heavy atom. The van der Waals surface area contributed by atoms with E-state index in [-0.39, 0.29) is 5.56 Å². The van der Waals surface area contributed by atoms with Gasteiger partial charge in [-0.15, -0.1) is 0 Å². The molecule has 0 unspecified atom stereocenters. The predicted octanol–water partition coefficient (Wildman–Crippen LogP) is 2.96. The second kappa shape index (κ2) is 8.69. The summed E-state index contributed by atoms with van der Waals surface area (Å²) in [6.07, 6.45) is 0. The van der Waals surface area contributed by atoms with Gasteiger partial charge < -0.3 is 15.7 Å². The monoisotopic (exact) mass is 405 g/mol. The molecule has 1 fully saturated rings. The molecule has 0 spiro atoms. The average molecular weight is 406 g/mol. The van der Waals surface area contributed by atoms with Crippen molar-refractivity contribution in [2.24, 2.45) is 0 Å². The van der Waals surface area contributed by atoms with Crippen molar-refractivity contribution < 1.29 is 9.90 Å². The van der Waals surface area contributed by atoms with E-state index in [0.717, 1.165) is 61.8 Å². The normalized spacial score (nSPS) is 15.4. The molecular weight excluding hydrogens is 378 g/mol. The number of piperazine rings is 1. The maximum atomic E-state index is 11.2. The molecule has 0 aliphatic carbocycles. The van der Waals surface area contributed by atoms with E-state index in [1.807, 2.05) is 30.3 Å². The number of carboxylic acid groups (broad SMARTS) is 1. The van der Waals surface area contributed by atoms with Crippen LogP contribution in [0.25, 0.3) is 16.8 Å². The lowest BCUT2D eigenvalue weighted by Crippen LogP contribution is -2.45. The van der Waals surface area contributed by atoms with Gasteiger partial charge in [0.05, 0.1) is 16.9 Å². The molecule has 0 saturated carbocycles. The fraction of sp³-hybridized carbons (Fsp3) is 0.304. The van der Waals surface area contributed by atoms with E-state index in [1.54, 1.807) is 28.9 Å². The van der Waals surface area contributed by atoms with Gasteiger partial charge in [0.1, 0.15) is 5.82 Å². The van der Waals surface area contributed by atoms with Crippen molar-refractivity contribution in [3.05, 3.63) is 65.9 Å². The Balaban J connectivity index is 1.69. The summed E-state index contributed by atoms with van der Waals surface area (Å²) in [6, 6.07) is 16.7. The molecule has 1 aliphatic heterocycles. The standard InChI is InChI=1S/C23H27N5O2/c1-2-26-12-14-27(15-13-26)16-20-21(17-6-4-3-5-7-17)22(24)28(25-20)19-10-8-18(9-11-19)23(29)30/h3-11H,2,12-16,24H2,1H3,(H,29,30). The molecule has 3 N–H and O–H groups in total. The summed E-state index contributed by atoms with van der Waals surface area (Å²) in [6.45, 7) is 8.13. The summed E-state index contributed by atoms with van der Waals surface area (Å²) in [5.74, 6) is -0.390. The number of rotatable bonds is 6. The quantitative estimate of drug-likeness (QED) is 0.656. The molecular formula is C23H27N5O2. The number of nitrogens with zero attached hydrogens (tertiary/aromatic N) is 4. The third-order valence-electron chi connectivity index (χ3n) is 5.70. The topological polar surface area (TPSA) is 87.6 Å². The molecule has 1 aromatic heterocycles. The molecule has 2 aromatic carbocycles. The molecule has 7 heteroatoms. The van der Waals surface area contributed by atoms with Crippen molar-refractivity contribution in [2.75, 3.05) is 38.5 Å². The van der Waals surface area contributed by atoms with Gasteiger partial charge in [-0.1, -0.05) is 37.3 Å². The van der Waals surface area contributed by atoms with Crippen LogP contribution >= 0.6 is 0 Å². The number of hydrogen-bond donors (Lipinski definition) is 2. The third kappa shape index (κ3) is 4.08. The van der Waals surface area contributed by atoms with Crippen LogP contribution in [0.3, 0.4) is 0 Å². The highest BCUT2D eigenvalue weighted by Crippen LogP contribution is 2.32. The van der Waals surface area contributed by atoms with Gasteiger partial charge in [-0.2, -0.15) is 5.10 Å². The lowest BCUT2D eigenvalue weighted by atomic mass is 10.0. The van der Waals surface area contributed by atoms with Gasteiger partial charge in [-0.25, -0.2) is 9.48 Å². The van der Waals surface area contributed by atoms with E-state index in [0.29, 0.717) is 5.82 Å². The van der Waals surface area contributed by atoms with Crippen molar-refractivity contribution in [1.29, 1.82) is 0 Å². The second-order valence-corrected chi connectivity index (χ2v) is 7.55.